The summed E-state index contributed by atoms with van der Waals surface area (Å²) in [5, 5.41) is 5.35. The van der Waals surface area contributed by atoms with Crippen LogP contribution in [0.3, 0.4) is 0 Å². The number of nitrogens with zero attached hydrogens (tertiary/aromatic N) is 1. The van der Waals surface area contributed by atoms with E-state index < -0.39 is 5.41 Å². The van der Waals surface area contributed by atoms with E-state index in [1.165, 1.54) is 0 Å². The van der Waals surface area contributed by atoms with Gasteiger partial charge in [-0.15, -0.1) is 0 Å². The highest BCUT2D eigenvalue weighted by Crippen LogP contribution is 2.51. The van der Waals surface area contributed by atoms with Crippen LogP contribution in [0.5, 0.6) is 5.75 Å². The summed E-state index contributed by atoms with van der Waals surface area (Å²) < 4.78 is 5.67. The normalized spacial score (nSPS) is 20.0. The number of amides is 2. The summed E-state index contributed by atoms with van der Waals surface area (Å²) in [6.45, 7) is 5.99. The maximum Gasteiger partial charge on any atom is 0.232 e. The van der Waals surface area contributed by atoms with Gasteiger partial charge >= 0.3 is 0 Å². The van der Waals surface area contributed by atoms with Crippen molar-refractivity contribution in [1.82, 2.24) is 10.2 Å². The van der Waals surface area contributed by atoms with E-state index in [1.807, 2.05) is 55.1 Å². The number of carbonyl (C=O) groups is 2. The Morgan fingerprint density at radius 1 is 1.00 bits per heavy atom. The number of hydrogen-bond acceptors (Lipinski definition) is 3. The van der Waals surface area contributed by atoms with Gasteiger partial charge in [0.05, 0.1) is 12.5 Å². The smallest absolute Gasteiger partial charge is 0.232 e. The second-order valence-corrected chi connectivity index (χ2v) is 10.6. The Labute approximate surface area is 207 Å². The summed E-state index contributed by atoms with van der Waals surface area (Å²) in [6.07, 6.45) is 2.10. The number of para-hydroxylation sites is 1. The summed E-state index contributed by atoms with van der Waals surface area (Å²) in [6, 6.07) is 22.6. The molecule has 35 heavy (non-hydrogen) atoms. The van der Waals surface area contributed by atoms with E-state index in [2.05, 4.69) is 35.6 Å². The first-order valence-corrected chi connectivity index (χ1v) is 12.5. The summed E-state index contributed by atoms with van der Waals surface area (Å²) in [7, 11) is 1.70. The molecule has 182 valence electrons. The average Bonchev–Trinajstić information content (AvgIpc) is 2.88. The van der Waals surface area contributed by atoms with Crippen molar-refractivity contribution >= 4 is 22.6 Å². The monoisotopic (exact) mass is 470 g/mol. The molecular weight excluding hydrogens is 436 g/mol. The molecule has 2 fully saturated rings. The number of nitrogens with one attached hydrogen (secondary N) is 1. The zero-order chi connectivity index (χ0) is 24.6. The van der Waals surface area contributed by atoms with Gasteiger partial charge < -0.3 is 15.0 Å². The Balaban J connectivity index is 1.40. The molecule has 3 aromatic rings. The number of rotatable bonds is 4. The molecule has 1 spiro atoms. The van der Waals surface area contributed by atoms with E-state index in [-0.39, 0.29) is 23.1 Å². The van der Waals surface area contributed by atoms with Gasteiger partial charge in [-0.1, -0.05) is 60.7 Å². The maximum absolute atomic E-state index is 13.9. The van der Waals surface area contributed by atoms with Gasteiger partial charge in [0.2, 0.25) is 11.8 Å². The summed E-state index contributed by atoms with van der Waals surface area (Å²) >= 11 is 0. The highest BCUT2D eigenvalue weighted by molar-refractivity contribution is 5.95. The van der Waals surface area contributed by atoms with Crippen LogP contribution in [0, 0.1) is 5.41 Å². The number of fused-ring (bicyclic) bond motifs is 1. The minimum absolute atomic E-state index is 0.104. The standard InChI is InChI=1S/C30H34N2O3/c1-29(2,24-13-8-10-21-9-4-5-11-22(21)24)28(34)32-17-15-30(16-18-32)19-27(33)31-20-25(30)23-12-6-7-14-26(23)35-3/h4-14,25H,15-20H2,1-3H3,(H,31,33)/t25-/m0/s1. The van der Waals surface area contributed by atoms with E-state index in [0.29, 0.717) is 26.1 Å². The molecule has 2 amide bonds. The summed E-state index contributed by atoms with van der Waals surface area (Å²) in [5.41, 5.74) is 1.39. The quantitative estimate of drug-likeness (QED) is 0.581. The molecule has 3 aromatic carbocycles. The molecule has 1 N–H and O–H groups in total. The molecule has 1 atom stereocenters. The van der Waals surface area contributed by atoms with Gasteiger partial charge in [0.1, 0.15) is 5.75 Å². The molecule has 0 aliphatic carbocycles. The number of likely N-dealkylation sites (tertiary alicyclic amines) is 1. The Morgan fingerprint density at radius 3 is 2.46 bits per heavy atom. The SMILES string of the molecule is COc1ccccc1[C@@H]1CNC(=O)CC12CCN(C(=O)C(C)(C)c1cccc3ccccc13)CC2. The van der Waals surface area contributed by atoms with Crippen molar-refractivity contribution in [3.8, 4) is 5.75 Å². The van der Waals surface area contributed by atoms with Crippen LogP contribution in [0.25, 0.3) is 10.8 Å². The minimum Gasteiger partial charge on any atom is -0.496 e. The lowest BCUT2D eigenvalue weighted by Crippen LogP contribution is -2.55. The van der Waals surface area contributed by atoms with Crippen LogP contribution in [0.15, 0.2) is 66.7 Å². The molecule has 2 saturated heterocycles. The van der Waals surface area contributed by atoms with E-state index in [4.69, 9.17) is 4.74 Å². The molecule has 0 aromatic heterocycles. The zero-order valence-corrected chi connectivity index (χ0v) is 20.8. The predicted octanol–water partition coefficient (Wildman–Crippen LogP) is 5.04. The first-order valence-electron chi connectivity index (χ1n) is 12.5. The average molecular weight is 471 g/mol. The Bertz CT molecular complexity index is 1250. The molecule has 5 heteroatoms. The second kappa shape index (κ2) is 9.03. The number of carbonyl (C=O) groups excluding carboxylic acids is 2. The Hall–Kier alpha value is -3.34. The molecular formula is C30H34N2O3. The molecule has 5 nitrogen and oxygen atoms in total. The highest BCUT2D eigenvalue weighted by atomic mass is 16.5. The molecule has 2 aliphatic heterocycles. The van der Waals surface area contributed by atoms with Crippen LogP contribution in [-0.2, 0) is 15.0 Å². The molecule has 0 unspecified atom stereocenters. The second-order valence-electron chi connectivity index (χ2n) is 10.6. The van der Waals surface area contributed by atoms with Crippen LogP contribution in [0.4, 0.5) is 0 Å². The van der Waals surface area contributed by atoms with Crippen LogP contribution < -0.4 is 10.1 Å². The van der Waals surface area contributed by atoms with E-state index in [9.17, 15) is 9.59 Å². The van der Waals surface area contributed by atoms with E-state index in [1.54, 1.807) is 7.11 Å². The van der Waals surface area contributed by atoms with Gasteiger partial charge in [-0.25, -0.2) is 0 Å². The topological polar surface area (TPSA) is 58.6 Å². The van der Waals surface area contributed by atoms with Crippen LogP contribution in [0.1, 0.15) is 50.2 Å². The van der Waals surface area contributed by atoms with Crippen molar-refractivity contribution in [3.63, 3.8) is 0 Å². The number of methoxy groups -OCH3 is 1. The third-order valence-corrected chi connectivity index (χ3v) is 8.31. The lowest BCUT2D eigenvalue weighted by molar-refractivity contribution is -0.140. The number of piperidine rings is 2. The predicted molar refractivity (Wildman–Crippen MR) is 139 cm³/mol. The van der Waals surface area contributed by atoms with E-state index in [0.717, 1.165) is 40.5 Å². The van der Waals surface area contributed by atoms with Crippen molar-refractivity contribution in [3.05, 3.63) is 77.9 Å². The Morgan fingerprint density at radius 2 is 1.69 bits per heavy atom. The molecule has 0 saturated carbocycles. The van der Waals surface area contributed by atoms with Gasteiger partial charge in [-0.3, -0.25) is 9.59 Å². The first kappa shape index (κ1) is 23.4. The number of hydrogen-bond donors (Lipinski definition) is 1. The van der Waals surface area contributed by atoms with Crippen molar-refractivity contribution in [1.29, 1.82) is 0 Å². The lowest BCUT2D eigenvalue weighted by Gasteiger charge is -2.50. The molecule has 5 rings (SSSR count). The van der Waals surface area contributed by atoms with Gasteiger partial charge in [0, 0.05) is 32.0 Å². The molecule has 0 bridgehead atoms. The van der Waals surface area contributed by atoms with Crippen LogP contribution in [0.2, 0.25) is 0 Å². The van der Waals surface area contributed by atoms with Crippen molar-refractivity contribution in [2.75, 3.05) is 26.7 Å². The highest BCUT2D eigenvalue weighted by Gasteiger charge is 2.48. The third kappa shape index (κ3) is 4.07. The molecule has 0 radical (unpaired) electrons. The van der Waals surface area contributed by atoms with E-state index >= 15 is 0 Å². The van der Waals surface area contributed by atoms with Crippen LogP contribution >= 0.6 is 0 Å². The fourth-order valence-corrected chi connectivity index (χ4v) is 6.29. The van der Waals surface area contributed by atoms with Gasteiger partial charge in [-0.05, 0) is 60.1 Å². The summed E-state index contributed by atoms with van der Waals surface area (Å²) in [5.74, 6) is 1.29. The lowest BCUT2D eigenvalue weighted by atomic mass is 9.62. The largest absolute Gasteiger partial charge is 0.496 e. The number of benzene rings is 3. The third-order valence-electron chi connectivity index (χ3n) is 8.31. The van der Waals surface area contributed by atoms with Crippen molar-refractivity contribution < 1.29 is 14.3 Å². The summed E-state index contributed by atoms with van der Waals surface area (Å²) in [4.78, 5) is 28.4. The fourth-order valence-electron chi connectivity index (χ4n) is 6.29. The molecule has 2 heterocycles. The minimum atomic E-state index is -0.642. The van der Waals surface area contributed by atoms with Crippen LogP contribution in [-0.4, -0.2) is 43.5 Å². The van der Waals surface area contributed by atoms with Gasteiger partial charge in [-0.2, -0.15) is 0 Å². The number of ether oxygens (including phenoxy) is 1. The van der Waals surface area contributed by atoms with Crippen molar-refractivity contribution in [2.24, 2.45) is 5.41 Å². The Kier molecular flexibility index (Phi) is 6.04. The van der Waals surface area contributed by atoms with Crippen molar-refractivity contribution in [2.45, 2.75) is 44.4 Å². The first-order chi connectivity index (χ1) is 16.9. The molecule has 2 aliphatic rings. The fraction of sp³-hybridized carbons (Fsp3) is 0.400. The zero-order valence-electron chi connectivity index (χ0n) is 20.8. The maximum atomic E-state index is 13.9. The van der Waals surface area contributed by atoms with Gasteiger partial charge in [0.25, 0.3) is 0 Å². The van der Waals surface area contributed by atoms with Gasteiger partial charge in [0.15, 0.2) is 0 Å².